The molecule has 4 bridgehead atoms. The molecule has 8 aromatic rings. The lowest BCUT2D eigenvalue weighted by atomic mass is 9.80. The molecule has 0 radical (unpaired) electrons. The molecular weight excluding hydrogens is 1520 g/mol. The van der Waals surface area contributed by atoms with Crippen molar-refractivity contribution in [1.82, 2.24) is 0 Å². The molecule has 586 valence electrons. The van der Waals surface area contributed by atoms with E-state index in [0.29, 0.717) is 60.7 Å². The van der Waals surface area contributed by atoms with E-state index in [1.54, 1.807) is 0 Å². The van der Waals surface area contributed by atoms with E-state index in [4.69, 9.17) is 52.1 Å². The fraction of sp³-hybridized carbons (Fsp3) is 0.188. The molecule has 4 heterocycles. The molecule has 2 fully saturated rings. The summed E-state index contributed by atoms with van der Waals surface area (Å²) < 4.78 is 62.4. The minimum atomic E-state index is -2.85. The van der Waals surface area contributed by atoms with Gasteiger partial charge in [-0.15, -0.1) is 0 Å². The fourth-order valence-corrected chi connectivity index (χ4v) is 12.1. The monoisotopic (exact) mass is 1570 g/mol. The van der Waals surface area contributed by atoms with Crippen molar-refractivity contribution in [3.8, 4) is 161 Å². The Hall–Kier alpha value is -15.4. The highest BCUT2D eigenvalue weighted by atomic mass is 16.7. The number of ether oxygens (including phenoxy) is 11. The molecule has 0 aromatic heterocycles. The molecule has 1 saturated carbocycles. The molecule has 1 saturated heterocycles. The van der Waals surface area contributed by atoms with Gasteiger partial charge in [0.05, 0.1) is 46.6 Å². The van der Waals surface area contributed by atoms with Crippen LogP contribution < -0.4 is 9.47 Å². The SMILES string of the molecule is O=C1OC2CC3COC(=O)c4cc(O)c(O)c(O)c4-c4c(cc(O)c(O)c4O)C(=O)OC3C(OC(=O)c3cc(O)c(O)c(O)c3)C2OC(=O)c2cc(O)c(O)c(O)c2Oc2c(O)cc(cc2O)C(=O)OC2OC(CO)C(O)C(OC(=O)c3cc(O)c(O)c(O)c3)C2OC(=O)c2cc(O)c(O)c(O)c2Oc2cc1cc(O)c2O. The van der Waals surface area contributed by atoms with E-state index in [1.807, 2.05) is 0 Å². The quantitative estimate of drug-likeness (QED) is 0.0669. The second kappa shape index (κ2) is 28.7. The van der Waals surface area contributed by atoms with Crippen LogP contribution in [0, 0.1) is 5.92 Å². The third-order valence-electron chi connectivity index (χ3n) is 17.6. The van der Waals surface area contributed by atoms with Crippen molar-refractivity contribution in [2.24, 2.45) is 5.92 Å². The average Bonchev–Trinajstić information content (AvgIpc) is 1.28. The van der Waals surface area contributed by atoms with Crippen LogP contribution in [0.2, 0.25) is 0 Å². The Bertz CT molecular complexity index is 5290. The molecule has 43 nitrogen and oxygen atoms in total. The maximum absolute atomic E-state index is 15.4. The molecule has 0 amide bonds. The number of aliphatic hydroxyl groups excluding tert-OH is 2. The lowest BCUT2D eigenvalue weighted by Crippen LogP contribution is -2.62. The Morgan fingerprint density at radius 1 is 0.366 bits per heavy atom. The number of hydrogen-bond donors (Lipinski definition) is 24. The number of rotatable bonds is 5. The van der Waals surface area contributed by atoms with Gasteiger partial charge in [-0.1, -0.05) is 0 Å². The normalized spacial score (nSPS) is 21.2. The molecule has 10 atom stereocenters. The fourth-order valence-electron chi connectivity index (χ4n) is 12.1. The van der Waals surface area contributed by atoms with Gasteiger partial charge in [0, 0.05) is 29.2 Å². The highest BCUT2D eigenvalue weighted by Gasteiger charge is 2.56. The van der Waals surface area contributed by atoms with Gasteiger partial charge in [0.25, 0.3) is 0 Å². The van der Waals surface area contributed by atoms with E-state index < -0.39 is 334 Å². The van der Waals surface area contributed by atoms with Crippen LogP contribution in [-0.2, 0) is 42.6 Å². The minimum Gasteiger partial charge on any atom is -0.504 e. The van der Waals surface area contributed by atoms with E-state index in [9.17, 15) is 147 Å². The highest BCUT2D eigenvalue weighted by molar-refractivity contribution is 6.09. The van der Waals surface area contributed by atoms with Gasteiger partial charge < -0.3 is 175 Å². The van der Waals surface area contributed by atoms with Crippen molar-refractivity contribution in [2.45, 2.75) is 61.5 Å². The van der Waals surface area contributed by atoms with E-state index in [0.717, 1.165) is 0 Å². The number of carbonyl (C=O) groups excluding carboxylic acids is 8. The van der Waals surface area contributed by atoms with E-state index in [2.05, 4.69) is 0 Å². The average molecular weight is 1570 g/mol. The summed E-state index contributed by atoms with van der Waals surface area (Å²) >= 11 is 0. The van der Waals surface area contributed by atoms with Gasteiger partial charge in [-0.2, -0.15) is 0 Å². The Kier molecular flexibility index (Phi) is 19.6. The Labute approximate surface area is 617 Å². The molecule has 24 N–H and O–H groups in total. The predicted octanol–water partition coefficient (Wildman–Crippen LogP) is 2.85. The second-order valence-electron chi connectivity index (χ2n) is 24.6. The van der Waals surface area contributed by atoms with Crippen molar-refractivity contribution >= 4 is 47.8 Å². The molecule has 5 aliphatic rings. The van der Waals surface area contributed by atoms with E-state index in [1.165, 1.54) is 0 Å². The number of fused-ring (bicyclic) bond motifs is 10. The van der Waals surface area contributed by atoms with Crippen molar-refractivity contribution < 1.29 is 213 Å². The third kappa shape index (κ3) is 13.5. The van der Waals surface area contributed by atoms with Gasteiger partial charge in [0.1, 0.15) is 35.5 Å². The minimum absolute atomic E-state index is 0.208. The summed E-state index contributed by atoms with van der Waals surface area (Å²) in [5.74, 6) is -54.7. The van der Waals surface area contributed by atoms with Crippen molar-refractivity contribution in [1.29, 1.82) is 0 Å². The molecule has 43 heteroatoms. The summed E-state index contributed by atoms with van der Waals surface area (Å²) in [4.78, 5) is 118. The number of aliphatic hydroxyl groups is 2. The van der Waals surface area contributed by atoms with Crippen LogP contribution in [0.15, 0.2) is 72.8 Å². The summed E-state index contributed by atoms with van der Waals surface area (Å²) in [6.45, 7) is -2.66. The highest BCUT2D eigenvalue weighted by Crippen LogP contribution is 2.56. The molecule has 112 heavy (non-hydrogen) atoms. The van der Waals surface area contributed by atoms with Crippen LogP contribution in [0.3, 0.4) is 0 Å². The van der Waals surface area contributed by atoms with Crippen LogP contribution >= 0.6 is 0 Å². The lowest BCUT2D eigenvalue weighted by molar-refractivity contribution is -0.283. The number of cyclic esters (lactones) is 1. The first kappa shape index (κ1) is 76.3. The topological polar surface area (TPSA) is 724 Å². The summed E-state index contributed by atoms with van der Waals surface area (Å²) in [6.07, 6.45) is -24.6. The largest absolute Gasteiger partial charge is 0.504 e. The van der Waals surface area contributed by atoms with Crippen LogP contribution in [0.4, 0.5) is 0 Å². The molecular formula is C69H52O43. The molecule has 10 unspecified atom stereocenters. The number of hydrogen-bond acceptors (Lipinski definition) is 43. The summed E-state index contributed by atoms with van der Waals surface area (Å²) in [7, 11) is 0. The smallest absolute Gasteiger partial charge is 0.342 e. The van der Waals surface area contributed by atoms with Crippen molar-refractivity contribution in [3.05, 3.63) is 117 Å². The van der Waals surface area contributed by atoms with Crippen LogP contribution in [0.1, 0.15) is 89.3 Å². The zero-order valence-electron chi connectivity index (χ0n) is 55.3. The number of benzene rings is 8. The maximum Gasteiger partial charge on any atom is 0.342 e. The summed E-state index contributed by atoms with van der Waals surface area (Å²) in [6, 6.07) is 4.37. The standard InChI is InChI=1S/C69H52O43/c70-14-38-48(89)58(109-62(95)16-1-25(71)41(82)26(72)2-16)60-69(105-38)112-64(97)18-6-34(80)56(35(81)7-18)106-55-24(13-33(79)47(88)52(55)93)67(100)108-57-37(104-61(94)19-5-29(75)43(84)36(8-19)103-54-23(68(101)111-60)12-32(78)46(87)51(54)92)9-20-15-102-65(98)21-10-30(76)44(85)49(90)39(21)40-22(11-31(77)45(86)50(40)91)66(99)107-53(20)59(57)110-63(96)17-3-27(73)42(83)28(74)4-17/h1-8,10-13,20,37-38,48,53,57-60,69-93H,9,14-15H2. The molecule has 13 rings (SSSR count). The lowest BCUT2D eigenvalue weighted by Gasteiger charge is -2.44. The summed E-state index contributed by atoms with van der Waals surface area (Å²) in [5.41, 5.74) is -11.6. The Morgan fingerprint density at radius 2 is 0.759 bits per heavy atom. The molecule has 4 aliphatic heterocycles. The molecule has 0 spiro atoms. The first-order valence-electron chi connectivity index (χ1n) is 31.5. The maximum atomic E-state index is 15.4. The molecule has 8 aromatic carbocycles. The second-order valence-corrected chi connectivity index (χ2v) is 24.6. The molecule has 1 aliphatic carbocycles. The number of phenolic OH excluding ortho intramolecular Hbond substituents is 22. The van der Waals surface area contributed by atoms with Crippen LogP contribution in [0.5, 0.6) is 149 Å². The number of esters is 8. The third-order valence-corrected chi connectivity index (χ3v) is 17.6. The van der Waals surface area contributed by atoms with Gasteiger partial charge in [0.2, 0.25) is 58.4 Å². The predicted molar refractivity (Wildman–Crippen MR) is 348 cm³/mol. The first-order valence-corrected chi connectivity index (χ1v) is 31.5. The van der Waals surface area contributed by atoms with E-state index in [-0.39, 0.29) is 12.1 Å². The van der Waals surface area contributed by atoms with Gasteiger partial charge in [-0.05, 0) is 67.1 Å². The number of aromatic hydroxyl groups is 22. The van der Waals surface area contributed by atoms with Crippen LogP contribution in [0.25, 0.3) is 11.1 Å². The van der Waals surface area contributed by atoms with Gasteiger partial charge in [-0.25, -0.2) is 38.4 Å². The van der Waals surface area contributed by atoms with Crippen molar-refractivity contribution in [3.63, 3.8) is 0 Å². The summed E-state index contributed by atoms with van der Waals surface area (Å²) in [5, 5.41) is 263. The van der Waals surface area contributed by atoms with Gasteiger partial charge >= 0.3 is 47.8 Å². The zero-order valence-corrected chi connectivity index (χ0v) is 55.3. The van der Waals surface area contributed by atoms with Gasteiger partial charge in [-0.3, -0.25) is 0 Å². The van der Waals surface area contributed by atoms with E-state index >= 15 is 14.4 Å². The Morgan fingerprint density at radius 3 is 1.26 bits per heavy atom. The Balaban J connectivity index is 1.06. The zero-order chi connectivity index (χ0) is 81.6. The van der Waals surface area contributed by atoms with Crippen LogP contribution in [-0.4, -0.2) is 239 Å². The number of carbonyl (C=O) groups is 8. The van der Waals surface area contributed by atoms with Gasteiger partial charge in [0.15, 0.2) is 122 Å². The van der Waals surface area contributed by atoms with Crippen molar-refractivity contribution in [2.75, 3.05) is 13.2 Å². The first-order chi connectivity index (χ1) is 52.8. The number of phenols is 22.